The van der Waals surface area contributed by atoms with Gasteiger partial charge in [-0.15, -0.1) is 0 Å². The molecule has 0 spiro atoms. The molecule has 4 nitrogen and oxygen atoms in total. The van der Waals surface area contributed by atoms with E-state index in [0.717, 1.165) is 19.4 Å². The van der Waals surface area contributed by atoms with Crippen LogP contribution in [0.4, 0.5) is 0 Å². The molecule has 0 aromatic rings. The maximum Gasteiger partial charge on any atom is 0.0597 e. The van der Waals surface area contributed by atoms with Crippen molar-refractivity contribution >= 4 is 0 Å². The molecule has 1 rings (SSSR count). The Bertz CT molecular complexity index is 132. The Hall–Kier alpha value is -0.160. The monoisotopic (exact) mass is 190 g/mol. The zero-order valence-corrected chi connectivity index (χ0v) is 7.78. The fourth-order valence-corrected chi connectivity index (χ4v) is 1.37. The van der Waals surface area contributed by atoms with Crippen LogP contribution >= 0.6 is 0 Å². The lowest BCUT2D eigenvalue weighted by molar-refractivity contribution is -0.0728. The van der Waals surface area contributed by atoms with E-state index in [1.807, 2.05) is 0 Å². The highest BCUT2D eigenvalue weighted by Gasteiger charge is 2.30. The molecule has 0 amide bonds. The van der Waals surface area contributed by atoms with Gasteiger partial charge in [-0.1, -0.05) is 0 Å². The second kappa shape index (κ2) is 4.91. The topological polar surface area (TPSA) is 69.9 Å². The van der Waals surface area contributed by atoms with Crippen molar-refractivity contribution in [2.75, 3.05) is 26.4 Å². The molecule has 0 aliphatic carbocycles. The summed E-state index contributed by atoms with van der Waals surface area (Å²) in [5.74, 6) is 0. The number of hydrogen-bond acceptors (Lipinski definition) is 4. The highest BCUT2D eigenvalue weighted by atomic mass is 16.5. The molecule has 3 N–H and O–H groups in total. The zero-order chi connectivity index (χ0) is 9.73. The Morgan fingerprint density at radius 2 is 1.69 bits per heavy atom. The summed E-state index contributed by atoms with van der Waals surface area (Å²) >= 11 is 0. The standard InChI is InChI=1S/C9H18O4/c10-5-9(6-11,7-12)3-1-8-2-4-13-8/h8,10-12H,1-7H2. The van der Waals surface area contributed by atoms with E-state index < -0.39 is 5.41 Å². The van der Waals surface area contributed by atoms with Crippen LogP contribution in [0.1, 0.15) is 19.3 Å². The summed E-state index contributed by atoms with van der Waals surface area (Å²) in [6, 6.07) is 0. The van der Waals surface area contributed by atoms with E-state index in [9.17, 15) is 0 Å². The van der Waals surface area contributed by atoms with E-state index in [2.05, 4.69) is 0 Å². The van der Waals surface area contributed by atoms with Gasteiger partial charge in [-0.05, 0) is 19.3 Å². The van der Waals surface area contributed by atoms with Gasteiger partial charge in [-0.25, -0.2) is 0 Å². The van der Waals surface area contributed by atoms with Crippen LogP contribution in [-0.2, 0) is 4.74 Å². The molecular formula is C9H18O4. The van der Waals surface area contributed by atoms with E-state index in [4.69, 9.17) is 20.1 Å². The number of aliphatic hydroxyl groups excluding tert-OH is 3. The molecule has 0 bridgehead atoms. The van der Waals surface area contributed by atoms with Crippen LogP contribution in [0.3, 0.4) is 0 Å². The van der Waals surface area contributed by atoms with Gasteiger partial charge in [0, 0.05) is 12.0 Å². The second-order valence-electron chi connectivity index (χ2n) is 3.79. The van der Waals surface area contributed by atoms with Gasteiger partial charge in [0.2, 0.25) is 0 Å². The quantitative estimate of drug-likeness (QED) is 0.529. The highest BCUT2D eigenvalue weighted by molar-refractivity contribution is 4.79. The summed E-state index contributed by atoms with van der Waals surface area (Å²) in [7, 11) is 0. The van der Waals surface area contributed by atoms with Gasteiger partial charge < -0.3 is 20.1 Å². The van der Waals surface area contributed by atoms with Crippen LogP contribution in [0.5, 0.6) is 0 Å². The zero-order valence-electron chi connectivity index (χ0n) is 7.78. The first-order valence-corrected chi connectivity index (χ1v) is 4.70. The van der Waals surface area contributed by atoms with E-state index in [0.29, 0.717) is 6.42 Å². The average molecular weight is 190 g/mol. The third-order valence-corrected chi connectivity index (χ3v) is 2.80. The van der Waals surface area contributed by atoms with Gasteiger partial charge in [0.05, 0.1) is 25.9 Å². The van der Waals surface area contributed by atoms with E-state index in [1.54, 1.807) is 0 Å². The van der Waals surface area contributed by atoms with E-state index in [-0.39, 0.29) is 25.9 Å². The summed E-state index contributed by atoms with van der Waals surface area (Å²) in [5, 5.41) is 27.1. The van der Waals surface area contributed by atoms with Crippen molar-refractivity contribution in [3.8, 4) is 0 Å². The van der Waals surface area contributed by atoms with Gasteiger partial charge in [0.25, 0.3) is 0 Å². The molecule has 0 radical (unpaired) electrons. The summed E-state index contributed by atoms with van der Waals surface area (Å²) in [6.07, 6.45) is 2.74. The Balaban J connectivity index is 2.27. The minimum Gasteiger partial charge on any atom is -0.396 e. The van der Waals surface area contributed by atoms with Crippen molar-refractivity contribution in [1.29, 1.82) is 0 Å². The highest BCUT2D eigenvalue weighted by Crippen LogP contribution is 2.26. The van der Waals surface area contributed by atoms with Crippen molar-refractivity contribution in [2.45, 2.75) is 25.4 Å². The molecule has 13 heavy (non-hydrogen) atoms. The summed E-state index contributed by atoms with van der Waals surface area (Å²) < 4.78 is 5.21. The Labute approximate surface area is 78.1 Å². The fraction of sp³-hybridized carbons (Fsp3) is 1.00. The first kappa shape index (κ1) is 10.9. The number of hydrogen-bond donors (Lipinski definition) is 3. The molecule has 1 aliphatic rings. The van der Waals surface area contributed by atoms with Crippen molar-refractivity contribution in [3.05, 3.63) is 0 Å². The van der Waals surface area contributed by atoms with Crippen LogP contribution in [0.2, 0.25) is 0 Å². The lowest BCUT2D eigenvalue weighted by atomic mass is 9.84. The first-order chi connectivity index (χ1) is 6.26. The number of rotatable bonds is 6. The van der Waals surface area contributed by atoms with Gasteiger partial charge in [-0.3, -0.25) is 0 Å². The molecule has 1 atom stereocenters. The fourth-order valence-electron chi connectivity index (χ4n) is 1.37. The number of aliphatic hydroxyl groups is 3. The van der Waals surface area contributed by atoms with Crippen LogP contribution < -0.4 is 0 Å². The van der Waals surface area contributed by atoms with Crippen LogP contribution in [0.25, 0.3) is 0 Å². The van der Waals surface area contributed by atoms with Gasteiger partial charge in [0.1, 0.15) is 0 Å². The predicted molar refractivity (Wildman–Crippen MR) is 47.3 cm³/mol. The molecule has 1 fully saturated rings. The van der Waals surface area contributed by atoms with Crippen LogP contribution in [0, 0.1) is 5.41 Å². The molecule has 4 heteroatoms. The molecule has 0 aromatic carbocycles. The SMILES string of the molecule is OCC(CO)(CO)CCC1CCO1. The minimum absolute atomic E-state index is 0.174. The number of ether oxygens (including phenoxy) is 1. The van der Waals surface area contributed by atoms with E-state index >= 15 is 0 Å². The second-order valence-corrected chi connectivity index (χ2v) is 3.79. The van der Waals surface area contributed by atoms with Crippen LogP contribution in [0.15, 0.2) is 0 Å². The third kappa shape index (κ3) is 2.64. The molecular weight excluding hydrogens is 172 g/mol. The maximum absolute atomic E-state index is 9.02. The maximum atomic E-state index is 9.02. The Morgan fingerprint density at radius 3 is 2.00 bits per heavy atom. The Kier molecular flexibility index (Phi) is 4.12. The van der Waals surface area contributed by atoms with E-state index in [1.165, 1.54) is 0 Å². The lowest BCUT2D eigenvalue weighted by Crippen LogP contribution is -2.36. The van der Waals surface area contributed by atoms with Crippen molar-refractivity contribution < 1.29 is 20.1 Å². The van der Waals surface area contributed by atoms with Gasteiger partial charge in [0.15, 0.2) is 0 Å². The summed E-state index contributed by atoms with van der Waals surface area (Å²) in [4.78, 5) is 0. The largest absolute Gasteiger partial charge is 0.396 e. The lowest BCUT2D eigenvalue weighted by Gasteiger charge is -2.32. The molecule has 0 aromatic heterocycles. The predicted octanol–water partition coefficient (Wildman–Crippen LogP) is -0.481. The van der Waals surface area contributed by atoms with Crippen LogP contribution in [-0.4, -0.2) is 47.9 Å². The Morgan fingerprint density at radius 1 is 1.15 bits per heavy atom. The van der Waals surface area contributed by atoms with Gasteiger partial charge in [-0.2, -0.15) is 0 Å². The van der Waals surface area contributed by atoms with Crippen molar-refractivity contribution in [2.24, 2.45) is 5.41 Å². The molecule has 1 heterocycles. The summed E-state index contributed by atoms with van der Waals surface area (Å²) in [5.41, 5.74) is -0.723. The van der Waals surface area contributed by atoms with Crippen molar-refractivity contribution in [1.82, 2.24) is 0 Å². The molecule has 1 saturated heterocycles. The normalized spacial score (nSPS) is 22.8. The average Bonchev–Trinajstić information content (AvgIpc) is 2.11. The van der Waals surface area contributed by atoms with Crippen molar-refractivity contribution in [3.63, 3.8) is 0 Å². The van der Waals surface area contributed by atoms with Gasteiger partial charge >= 0.3 is 0 Å². The third-order valence-electron chi connectivity index (χ3n) is 2.80. The molecule has 1 unspecified atom stereocenters. The molecule has 78 valence electrons. The first-order valence-electron chi connectivity index (χ1n) is 4.70. The molecule has 1 aliphatic heterocycles. The summed E-state index contributed by atoms with van der Waals surface area (Å²) in [6.45, 7) is 0.293. The minimum atomic E-state index is -0.723. The smallest absolute Gasteiger partial charge is 0.0597 e. The molecule has 0 saturated carbocycles.